The number of anilines is 1. The Labute approximate surface area is 180 Å². The molecule has 28 heavy (non-hydrogen) atoms. The Morgan fingerprint density at radius 3 is 2.75 bits per heavy atom. The highest BCUT2D eigenvalue weighted by Gasteiger charge is 2.39. The lowest BCUT2D eigenvalue weighted by atomic mass is 10.1. The molecular formula is C20H19Br2N3O3. The SMILES string of the molecule is O=C(C1CC(=O)N(c2cccc(Br)c2)C1)N1CCC(Oc2ccc(Br)cn2)C1. The van der Waals surface area contributed by atoms with Crippen molar-refractivity contribution in [1.29, 1.82) is 0 Å². The molecule has 2 saturated heterocycles. The van der Waals surface area contributed by atoms with Crippen molar-refractivity contribution in [3.63, 3.8) is 0 Å². The summed E-state index contributed by atoms with van der Waals surface area (Å²) in [6, 6.07) is 11.3. The lowest BCUT2D eigenvalue weighted by molar-refractivity contribution is -0.135. The monoisotopic (exact) mass is 507 g/mol. The second-order valence-corrected chi connectivity index (χ2v) is 8.84. The van der Waals surface area contributed by atoms with Crippen LogP contribution in [-0.2, 0) is 9.59 Å². The fourth-order valence-corrected chi connectivity index (χ4v) is 4.27. The van der Waals surface area contributed by atoms with Crippen molar-refractivity contribution in [1.82, 2.24) is 9.88 Å². The molecule has 0 bridgehead atoms. The molecule has 0 spiro atoms. The third kappa shape index (κ3) is 4.22. The maximum Gasteiger partial charge on any atom is 0.228 e. The first kappa shape index (κ1) is 19.4. The van der Waals surface area contributed by atoms with E-state index in [0.717, 1.165) is 21.1 Å². The maximum atomic E-state index is 12.9. The van der Waals surface area contributed by atoms with Gasteiger partial charge in [-0.05, 0) is 40.2 Å². The van der Waals surface area contributed by atoms with Crippen LogP contribution in [0.1, 0.15) is 12.8 Å². The summed E-state index contributed by atoms with van der Waals surface area (Å²) in [5, 5.41) is 0. The number of aromatic nitrogens is 1. The van der Waals surface area contributed by atoms with Crippen LogP contribution in [0.25, 0.3) is 0 Å². The van der Waals surface area contributed by atoms with Crippen molar-refractivity contribution < 1.29 is 14.3 Å². The van der Waals surface area contributed by atoms with Crippen LogP contribution in [0.2, 0.25) is 0 Å². The molecule has 8 heteroatoms. The molecule has 0 aliphatic carbocycles. The van der Waals surface area contributed by atoms with E-state index < -0.39 is 0 Å². The third-order valence-corrected chi connectivity index (χ3v) is 6.00. The van der Waals surface area contributed by atoms with Crippen molar-refractivity contribution in [2.45, 2.75) is 18.9 Å². The van der Waals surface area contributed by atoms with E-state index in [1.54, 1.807) is 17.2 Å². The van der Waals surface area contributed by atoms with Gasteiger partial charge in [0.05, 0.1) is 12.5 Å². The average Bonchev–Trinajstić information content (AvgIpc) is 3.30. The van der Waals surface area contributed by atoms with Gasteiger partial charge in [-0.1, -0.05) is 22.0 Å². The lowest BCUT2D eigenvalue weighted by Gasteiger charge is -2.21. The number of nitrogens with zero attached hydrogens (tertiary/aromatic N) is 3. The standard InChI is InChI=1S/C20H19Br2N3O3/c21-14-2-1-3-16(9-14)25-11-13(8-19(25)26)20(27)24-7-6-17(12-24)28-18-5-4-15(22)10-23-18/h1-5,9-10,13,17H,6-8,11-12H2. The van der Waals surface area contributed by atoms with Gasteiger partial charge >= 0.3 is 0 Å². The highest BCUT2D eigenvalue weighted by atomic mass is 79.9. The van der Waals surface area contributed by atoms with E-state index in [1.165, 1.54) is 0 Å². The summed E-state index contributed by atoms with van der Waals surface area (Å²) in [7, 11) is 0. The first-order valence-corrected chi connectivity index (χ1v) is 10.7. The van der Waals surface area contributed by atoms with Gasteiger partial charge in [-0.3, -0.25) is 9.59 Å². The molecule has 2 fully saturated rings. The number of carbonyl (C=O) groups excluding carboxylic acids is 2. The van der Waals surface area contributed by atoms with Crippen molar-refractivity contribution in [2.75, 3.05) is 24.5 Å². The Hall–Kier alpha value is -1.93. The van der Waals surface area contributed by atoms with E-state index in [0.29, 0.717) is 25.5 Å². The Bertz CT molecular complexity index is 891. The second kappa shape index (κ2) is 8.21. The number of hydrogen-bond acceptors (Lipinski definition) is 4. The highest BCUT2D eigenvalue weighted by molar-refractivity contribution is 9.10. The van der Waals surface area contributed by atoms with Crippen LogP contribution in [0.5, 0.6) is 5.88 Å². The summed E-state index contributed by atoms with van der Waals surface area (Å²) < 4.78 is 7.69. The highest BCUT2D eigenvalue weighted by Crippen LogP contribution is 2.29. The molecule has 2 aliphatic heterocycles. The Balaban J connectivity index is 1.36. The van der Waals surface area contributed by atoms with Crippen LogP contribution in [-0.4, -0.2) is 47.4 Å². The number of carbonyl (C=O) groups is 2. The average molecular weight is 509 g/mol. The number of halogens is 2. The van der Waals surface area contributed by atoms with Gasteiger partial charge in [0.1, 0.15) is 6.10 Å². The van der Waals surface area contributed by atoms with E-state index in [2.05, 4.69) is 36.8 Å². The number of amides is 2. The second-order valence-electron chi connectivity index (χ2n) is 7.01. The quantitative estimate of drug-likeness (QED) is 0.632. The van der Waals surface area contributed by atoms with Gasteiger partial charge in [0.2, 0.25) is 17.7 Å². The van der Waals surface area contributed by atoms with E-state index in [4.69, 9.17) is 4.74 Å². The minimum absolute atomic E-state index is 0.0116. The summed E-state index contributed by atoms with van der Waals surface area (Å²) in [6.07, 6.45) is 2.63. The predicted molar refractivity (Wildman–Crippen MR) is 112 cm³/mol. The molecule has 4 rings (SSSR count). The number of pyridine rings is 1. The zero-order chi connectivity index (χ0) is 19.7. The van der Waals surface area contributed by atoms with Crippen molar-refractivity contribution in [3.8, 4) is 5.88 Å². The van der Waals surface area contributed by atoms with Crippen molar-refractivity contribution in [2.24, 2.45) is 5.92 Å². The van der Waals surface area contributed by atoms with Gasteiger partial charge in [0, 0.05) is 52.8 Å². The zero-order valence-electron chi connectivity index (χ0n) is 15.1. The molecule has 2 unspecified atom stereocenters. The molecule has 1 aromatic carbocycles. The molecule has 3 heterocycles. The fourth-order valence-electron chi connectivity index (χ4n) is 3.65. The smallest absolute Gasteiger partial charge is 0.228 e. The van der Waals surface area contributed by atoms with Crippen LogP contribution >= 0.6 is 31.9 Å². The van der Waals surface area contributed by atoms with Gasteiger partial charge in [0.15, 0.2) is 0 Å². The molecule has 0 radical (unpaired) electrons. The van der Waals surface area contributed by atoms with Crippen LogP contribution in [0, 0.1) is 5.92 Å². The van der Waals surface area contributed by atoms with Gasteiger partial charge in [-0.2, -0.15) is 0 Å². The fraction of sp³-hybridized carbons (Fsp3) is 0.350. The first-order valence-electron chi connectivity index (χ1n) is 9.12. The summed E-state index contributed by atoms with van der Waals surface area (Å²) in [4.78, 5) is 33.1. The molecule has 146 valence electrons. The molecular weight excluding hydrogens is 490 g/mol. The largest absolute Gasteiger partial charge is 0.472 e. The van der Waals surface area contributed by atoms with Crippen LogP contribution in [0.4, 0.5) is 5.69 Å². The number of rotatable bonds is 4. The minimum Gasteiger partial charge on any atom is -0.472 e. The normalized spacial score (nSPS) is 22.0. The Morgan fingerprint density at radius 1 is 1.14 bits per heavy atom. The first-order chi connectivity index (χ1) is 13.5. The molecule has 2 aromatic rings. The summed E-state index contributed by atoms with van der Waals surface area (Å²) in [6.45, 7) is 1.59. The van der Waals surface area contributed by atoms with Crippen LogP contribution in [0.3, 0.4) is 0 Å². The third-order valence-electron chi connectivity index (χ3n) is 5.04. The number of likely N-dealkylation sites (tertiary alicyclic amines) is 1. The summed E-state index contributed by atoms with van der Waals surface area (Å²) in [5.74, 6) is 0.263. The molecule has 2 aliphatic rings. The lowest BCUT2D eigenvalue weighted by Crippen LogP contribution is -2.37. The van der Waals surface area contributed by atoms with E-state index in [-0.39, 0.29) is 30.3 Å². The van der Waals surface area contributed by atoms with E-state index in [1.807, 2.05) is 35.2 Å². The van der Waals surface area contributed by atoms with Gasteiger partial charge in [-0.25, -0.2) is 4.98 Å². The number of ether oxygens (including phenoxy) is 1. The Morgan fingerprint density at radius 2 is 2.00 bits per heavy atom. The number of hydrogen-bond donors (Lipinski definition) is 0. The van der Waals surface area contributed by atoms with Crippen LogP contribution < -0.4 is 9.64 Å². The van der Waals surface area contributed by atoms with E-state index in [9.17, 15) is 9.59 Å². The van der Waals surface area contributed by atoms with Crippen molar-refractivity contribution >= 4 is 49.4 Å². The molecule has 0 saturated carbocycles. The maximum absolute atomic E-state index is 12.9. The predicted octanol–water partition coefficient (Wildman–Crippen LogP) is 3.64. The topological polar surface area (TPSA) is 62.7 Å². The molecule has 2 amide bonds. The zero-order valence-corrected chi connectivity index (χ0v) is 18.2. The minimum atomic E-state index is -0.309. The van der Waals surface area contributed by atoms with E-state index >= 15 is 0 Å². The molecule has 0 N–H and O–H groups in total. The van der Waals surface area contributed by atoms with Crippen LogP contribution in [0.15, 0.2) is 51.5 Å². The number of benzene rings is 1. The van der Waals surface area contributed by atoms with Gasteiger partial charge in [-0.15, -0.1) is 0 Å². The molecule has 1 aromatic heterocycles. The Kier molecular flexibility index (Phi) is 5.68. The molecule has 6 nitrogen and oxygen atoms in total. The van der Waals surface area contributed by atoms with Gasteiger partial charge in [0.25, 0.3) is 0 Å². The molecule has 2 atom stereocenters. The van der Waals surface area contributed by atoms with Gasteiger partial charge < -0.3 is 14.5 Å². The van der Waals surface area contributed by atoms with Crippen molar-refractivity contribution in [3.05, 3.63) is 51.5 Å². The summed E-state index contributed by atoms with van der Waals surface area (Å²) in [5.41, 5.74) is 0.818. The summed E-state index contributed by atoms with van der Waals surface area (Å²) >= 11 is 6.78.